The molecule has 1 atom stereocenters. The van der Waals surface area contributed by atoms with Crippen molar-refractivity contribution < 1.29 is 19.4 Å². The lowest BCUT2D eigenvalue weighted by molar-refractivity contribution is -0.0285. The van der Waals surface area contributed by atoms with Crippen LogP contribution in [0, 0.1) is 12.0 Å². The molecule has 0 aliphatic carbocycles. The number of carbonyl (C=O) groups excluding carboxylic acids is 1. The van der Waals surface area contributed by atoms with Gasteiger partial charge in [-0.15, -0.1) is 0 Å². The quantitative estimate of drug-likeness (QED) is 0.452. The van der Waals surface area contributed by atoms with Gasteiger partial charge in [-0.05, 0) is 6.42 Å². The topological polar surface area (TPSA) is 59.0 Å². The fraction of sp³-hybridized carbons (Fsp3) is 0.625. The van der Waals surface area contributed by atoms with Gasteiger partial charge in [0.2, 0.25) is 6.29 Å². The summed E-state index contributed by atoms with van der Waals surface area (Å²) in [7, 11) is 1.30. The van der Waals surface area contributed by atoms with Crippen LogP contribution in [-0.2, 0) is 9.47 Å². The summed E-state index contributed by atoms with van der Waals surface area (Å²) in [6, 6.07) is 0. The largest absolute Gasteiger partial charge is 0.423 e. The van der Waals surface area contributed by atoms with E-state index >= 15 is 0 Å². The number of carbonyl (C=O) groups is 1. The summed E-state index contributed by atoms with van der Waals surface area (Å²) in [6.45, 7) is 1.43. The van der Waals surface area contributed by atoms with Crippen molar-refractivity contribution in [2.45, 2.75) is 12.7 Å². The molecule has 0 aromatic rings. The predicted octanol–water partition coefficient (Wildman–Crippen LogP) is -0.246. The number of rotatable bonds is 1. The minimum Gasteiger partial charge on any atom is -0.358 e. The fourth-order valence-corrected chi connectivity index (χ4v) is 0.746. The lowest BCUT2D eigenvalue weighted by Crippen LogP contribution is -2.41. The maximum atomic E-state index is 11.0. The molecule has 1 aliphatic rings. The highest BCUT2D eigenvalue weighted by Crippen LogP contribution is 2.06. The second-order valence-electron chi connectivity index (χ2n) is 2.54. The average Bonchev–Trinajstić information content (AvgIpc) is 2.01. The van der Waals surface area contributed by atoms with E-state index in [1.807, 2.05) is 0 Å². The van der Waals surface area contributed by atoms with Gasteiger partial charge < -0.3 is 19.5 Å². The molecular weight excluding hydrogens is 174 g/mol. The normalized spacial score (nSPS) is 16.6. The molecule has 5 heteroatoms. The van der Waals surface area contributed by atoms with Crippen molar-refractivity contribution in [3.8, 4) is 12.0 Å². The molecule has 0 saturated carbocycles. The van der Waals surface area contributed by atoms with Gasteiger partial charge in [0.1, 0.15) is 6.11 Å². The van der Waals surface area contributed by atoms with E-state index in [-0.39, 0.29) is 0 Å². The molecule has 0 aromatic heterocycles. The Labute approximate surface area is 76.2 Å². The summed E-state index contributed by atoms with van der Waals surface area (Å²) in [5, 5.41) is 8.78. The number of aliphatic hydroxyl groups excluding tert-OH is 1. The van der Waals surface area contributed by atoms with Crippen molar-refractivity contribution >= 4 is 6.09 Å². The van der Waals surface area contributed by atoms with Gasteiger partial charge in [0.15, 0.2) is 0 Å². The Morgan fingerprint density at radius 2 is 2.31 bits per heavy atom. The molecule has 0 aromatic carbocycles. The molecule has 0 spiro atoms. The summed E-state index contributed by atoms with van der Waals surface area (Å²) in [6.07, 6.45) is 1.40. The highest BCUT2D eigenvalue weighted by molar-refractivity contribution is 5.69. The molecule has 1 rings (SSSR count). The number of hydrogen-bond donors (Lipinski definition) is 1. The van der Waals surface area contributed by atoms with Crippen LogP contribution in [0.5, 0.6) is 0 Å². The number of methoxy groups -OCH3 is 1. The lowest BCUT2D eigenvalue weighted by Gasteiger charge is -2.28. The minimum absolute atomic E-state index is 0.470. The maximum Gasteiger partial charge on any atom is 0.423 e. The Bertz CT molecular complexity index is 238. The molecule has 1 amide bonds. The van der Waals surface area contributed by atoms with E-state index in [0.29, 0.717) is 13.1 Å². The summed E-state index contributed by atoms with van der Waals surface area (Å²) in [4.78, 5) is 12.5. The van der Waals surface area contributed by atoms with E-state index in [2.05, 4.69) is 21.5 Å². The average molecular weight is 185 g/mol. The SMILES string of the molecule is COC(O)C#COC(=O)N1CCC1. The molecule has 1 saturated heterocycles. The molecule has 1 heterocycles. The Hall–Kier alpha value is -1.25. The first-order valence-electron chi connectivity index (χ1n) is 3.91. The monoisotopic (exact) mass is 185 g/mol. The summed E-state index contributed by atoms with van der Waals surface area (Å²) >= 11 is 0. The first kappa shape index (κ1) is 9.84. The molecule has 1 unspecified atom stereocenters. The Balaban J connectivity index is 2.22. The Morgan fingerprint density at radius 3 is 2.77 bits per heavy atom. The van der Waals surface area contributed by atoms with Gasteiger partial charge in [0.05, 0.1) is 0 Å². The smallest absolute Gasteiger partial charge is 0.358 e. The Kier molecular flexibility index (Phi) is 3.55. The number of hydrogen-bond acceptors (Lipinski definition) is 4. The summed E-state index contributed by atoms with van der Waals surface area (Å²) < 4.78 is 8.91. The first-order valence-corrected chi connectivity index (χ1v) is 3.91. The zero-order valence-corrected chi connectivity index (χ0v) is 7.32. The van der Waals surface area contributed by atoms with Gasteiger partial charge in [-0.1, -0.05) is 0 Å². The molecule has 72 valence electrons. The van der Waals surface area contributed by atoms with Crippen LogP contribution in [0.1, 0.15) is 6.42 Å². The molecule has 13 heavy (non-hydrogen) atoms. The van der Waals surface area contributed by atoms with Crippen LogP contribution in [0.3, 0.4) is 0 Å². The van der Waals surface area contributed by atoms with Crippen molar-refractivity contribution in [2.24, 2.45) is 0 Å². The van der Waals surface area contributed by atoms with Crippen molar-refractivity contribution in [2.75, 3.05) is 20.2 Å². The second-order valence-corrected chi connectivity index (χ2v) is 2.54. The predicted molar refractivity (Wildman–Crippen MR) is 43.5 cm³/mol. The van der Waals surface area contributed by atoms with Gasteiger partial charge in [0.25, 0.3) is 0 Å². The number of ether oxygens (including phenoxy) is 2. The first-order chi connectivity index (χ1) is 6.24. The van der Waals surface area contributed by atoms with Crippen LogP contribution in [0.15, 0.2) is 0 Å². The third-order valence-corrected chi connectivity index (χ3v) is 1.66. The molecule has 0 bridgehead atoms. The van der Waals surface area contributed by atoms with Crippen LogP contribution < -0.4 is 0 Å². The zero-order valence-electron chi connectivity index (χ0n) is 7.32. The van der Waals surface area contributed by atoms with E-state index < -0.39 is 12.4 Å². The van der Waals surface area contributed by atoms with Gasteiger partial charge >= 0.3 is 6.09 Å². The van der Waals surface area contributed by atoms with Gasteiger partial charge in [-0.25, -0.2) is 4.79 Å². The van der Waals surface area contributed by atoms with Crippen molar-refractivity contribution in [3.63, 3.8) is 0 Å². The number of likely N-dealkylation sites (tertiary alicyclic amines) is 1. The van der Waals surface area contributed by atoms with Crippen molar-refractivity contribution in [1.29, 1.82) is 0 Å². The molecule has 1 fully saturated rings. The summed E-state index contributed by atoms with van der Waals surface area (Å²) in [5.41, 5.74) is 0. The van der Waals surface area contributed by atoms with Crippen LogP contribution in [-0.4, -0.2) is 42.6 Å². The van der Waals surface area contributed by atoms with Crippen LogP contribution >= 0.6 is 0 Å². The van der Waals surface area contributed by atoms with Gasteiger partial charge in [0, 0.05) is 26.1 Å². The van der Waals surface area contributed by atoms with Gasteiger partial charge in [-0.3, -0.25) is 0 Å². The number of amides is 1. The van der Waals surface area contributed by atoms with E-state index in [9.17, 15) is 4.79 Å². The third-order valence-electron chi connectivity index (χ3n) is 1.66. The van der Waals surface area contributed by atoms with E-state index in [0.717, 1.165) is 6.42 Å². The molecular formula is C8H11NO4. The second kappa shape index (κ2) is 4.70. The van der Waals surface area contributed by atoms with E-state index in [1.165, 1.54) is 12.0 Å². The van der Waals surface area contributed by atoms with Crippen LogP contribution in [0.25, 0.3) is 0 Å². The van der Waals surface area contributed by atoms with E-state index in [1.54, 1.807) is 0 Å². The molecule has 1 aliphatic heterocycles. The van der Waals surface area contributed by atoms with Crippen LogP contribution in [0.4, 0.5) is 4.79 Å². The molecule has 1 N–H and O–H groups in total. The zero-order chi connectivity index (χ0) is 9.68. The third kappa shape index (κ3) is 2.93. The maximum absolute atomic E-state index is 11.0. The molecule has 5 nitrogen and oxygen atoms in total. The van der Waals surface area contributed by atoms with Crippen molar-refractivity contribution in [1.82, 2.24) is 4.90 Å². The van der Waals surface area contributed by atoms with Crippen molar-refractivity contribution in [3.05, 3.63) is 0 Å². The number of aliphatic hydroxyl groups is 1. The fourth-order valence-electron chi connectivity index (χ4n) is 0.746. The summed E-state index contributed by atoms with van der Waals surface area (Å²) in [5.74, 6) is 2.18. The van der Waals surface area contributed by atoms with E-state index in [4.69, 9.17) is 5.11 Å². The highest BCUT2D eigenvalue weighted by Gasteiger charge is 2.20. The standard InChI is InChI=1S/C8H11NO4/c1-12-7(10)3-6-13-8(11)9-4-2-5-9/h7,10H,2,4-5H2,1H3. The molecule has 0 radical (unpaired) electrons. The van der Waals surface area contributed by atoms with Crippen LogP contribution in [0.2, 0.25) is 0 Å². The minimum atomic E-state index is -1.20. The Morgan fingerprint density at radius 1 is 1.62 bits per heavy atom. The van der Waals surface area contributed by atoms with Gasteiger partial charge in [-0.2, -0.15) is 0 Å². The lowest BCUT2D eigenvalue weighted by atomic mass is 10.2. The number of nitrogens with zero attached hydrogens (tertiary/aromatic N) is 1. The highest BCUT2D eigenvalue weighted by atomic mass is 16.6.